The Morgan fingerprint density at radius 1 is 1.12 bits per heavy atom. The first-order valence-corrected chi connectivity index (χ1v) is 8.92. The van der Waals surface area contributed by atoms with Crippen LogP contribution in [-0.4, -0.2) is 35.2 Å². The van der Waals surface area contributed by atoms with Crippen LogP contribution in [-0.2, 0) is 17.9 Å². The largest absolute Gasteiger partial charge is 0.491 e. The van der Waals surface area contributed by atoms with Crippen molar-refractivity contribution in [2.75, 3.05) is 13.1 Å². The first-order chi connectivity index (χ1) is 12.5. The number of carbonyl (C=O) groups is 1. The van der Waals surface area contributed by atoms with Crippen LogP contribution in [0.25, 0.3) is 0 Å². The molecule has 1 fully saturated rings. The lowest BCUT2D eigenvalue weighted by atomic mass is 10.00. The van der Waals surface area contributed by atoms with E-state index in [2.05, 4.69) is 4.90 Å². The molecule has 0 aliphatic carbocycles. The van der Waals surface area contributed by atoms with Gasteiger partial charge in [-0.05, 0) is 49.2 Å². The Hall–Kier alpha value is -2.53. The molecule has 1 heterocycles. The molecule has 2 aromatic rings. The van der Waals surface area contributed by atoms with E-state index in [1.54, 1.807) is 0 Å². The normalized spacial score (nSPS) is 14.9. The van der Waals surface area contributed by atoms with Crippen LogP contribution >= 0.6 is 0 Å². The summed E-state index contributed by atoms with van der Waals surface area (Å²) in [5.74, 6) is 0.752. The monoisotopic (exact) mass is 355 g/mol. The van der Waals surface area contributed by atoms with Gasteiger partial charge in [0.25, 0.3) is 0 Å². The van der Waals surface area contributed by atoms with Crippen molar-refractivity contribution in [3.63, 3.8) is 0 Å². The molecule has 3 rings (SSSR count). The zero-order valence-electron chi connectivity index (χ0n) is 15.2. The Kier molecular flexibility index (Phi) is 5.78. The van der Waals surface area contributed by atoms with Crippen molar-refractivity contribution in [1.29, 1.82) is 0 Å². The second kappa shape index (κ2) is 8.23. The smallest absolute Gasteiger partial charge is 0.309 e. The van der Waals surface area contributed by atoms with E-state index < -0.39 is 5.97 Å². The van der Waals surface area contributed by atoms with Crippen molar-refractivity contribution in [2.45, 2.75) is 33.1 Å². The maximum atomic E-state index is 10.8. The maximum absolute atomic E-state index is 10.8. The SMILES string of the molecule is CC(C)Oc1cccc(COc2ccc(CN3CC(C(=O)O)C3)cc2)c1. The summed E-state index contributed by atoms with van der Waals surface area (Å²) in [7, 11) is 0. The molecule has 138 valence electrons. The predicted octanol–water partition coefficient (Wildman–Crippen LogP) is 3.57. The fraction of sp³-hybridized carbons (Fsp3) is 0.381. The van der Waals surface area contributed by atoms with Gasteiger partial charge in [0.05, 0.1) is 12.0 Å². The molecule has 1 N–H and O–H groups in total. The summed E-state index contributed by atoms with van der Waals surface area (Å²) in [5, 5.41) is 8.92. The summed E-state index contributed by atoms with van der Waals surface area (Å²) in [5.41, 5.74) is 2.22. The zero-order valence-corrected chi connectivity index (χ0v) is 15.2. The van der Waals surface area contributed by atoms with Crippen molar-refractivity contribution < 1.29 is 19.4 Å². The molecule has 0 aromatic heterocycles. The molecule has 0 spiro atoms. The predicted molar refractivity (Wildman–Crippen MR) is 99.4 cm³/mol. The van der Waals surface area contributed by atoms with Gasteiger partial charge in [-0.2, -0.15) is 0 Å². The van der Waals surface area contributed by atoms with Crippen LogP contribution in [0, 0.1) is 5.92 Å². The van der Waals surface area contributed by atoms with E-state index in [0.717, 1.165) is 29.2 Å². The first kappa shape index (κ1) is 18.3. The van der Waals surface area contributed by atoms with Crippen molar-refractivity contribution >= 4 is 5.97 Å². The highest BCUT2D eigenvalue weighted by Crippen LogP contribution is 2.21. The minimum atomic E-state index is -0.701. The van der Waals surface area contributed by atoms with Gasteiger partial charge in [-0.25, -0.2) is 0 Å². The molecule has 26 heavy (non-hydrogen) atoms. The number of aliphatic carboxylic acids is 1. The molecule has 1 aliphatic heterocycles. The summed E-state index contributed by atoms with van der Waals surface area (Å²) < 4.78 is 11.6. The minimum absolute atomic E-state index is 0.149. The van der Waals surface area contributed by atoms with Crippen molar-refractivity contribution in [1.82, 2.24) is 4.90 Å². The molecule has 5 nitrogen and oxygen atoms in total. The third-order valence-corrected chi connectivity index (χ3v) is 4.31. The van der Waals surface area contributed by atoms with Crippen LogP contribution in [0.15, 0.2) is 48.5 Å². The van der Waals surface area contributed by atoms with Gasteiger partial charge in [0.1, 0.15) is 18.1 Å². The zero-order chi connectivity index (χ0) is 18.5. The highest BCUT2D eigenvalue weighted by Gasteiger charge is 2.32. The number of carboxylic acid groups (broad SMARTS) is 1. The van der Waals surface area contributed by atoms with Gasteiger partial charge in [0.15, 0.2) is 0 Å². The number of benzene rings is 2. The Labute approximate surface area is 154 Å². The van der Waals surface area contributed by atoms with E-state index in [9.17, 15) is 4.79 Å². The molecule has 0 amide bonds. The molecule has 0 atom stereocenters. The topological polar surface area (TPSA) is 59.0 Å². The van der Waals surface area contributed by atoms with E-state index in [1.165, 1.54) is 0 Å². The summed E-state index contributed by atoms with van der Waals surface area (Å²) in [6.07, 6.45) is 0.149. The molecular weight excluding hydrogens is 330 g/mol. The molecule has 0 radical (unpaired) electrons. The highest BCUT2D eigenvalue weighted by atomic mass is 16.5. The second-order valence-electron chi connectivity index (χ2n) is 6.98. The van der Waals surface area contributed by atoms with Crippen LogP contribution in [0.5, 0.6) is 11.5 Å². The third-order valence-electron chi connectivity index (χ3n) is 4.31. The number of nitrogens with zero attached hydrogens (tertiary/aromatic N) is 1. The lowest BCUT2D eigenvalue weighted by molar-refractivity contribution is -0.147. The molecular formula is C21H25NO4. The van der Waals surface area contributed by atoms with Crippen LogP contribution in [0.2, 0.25) is 0 Å². The highest BCUT2D eigenvalue weighted by molar-refractivity contribution is 5.71. The van der Waals surface area contributed by atoms with Gasteiger partial charge in [-0.15, -0.1) is 0 Å². The Morgan fingerprint density at radius 2 is 1.85 bits per heavy atom. The fourth-order valence-corrected chi connectivity index (χ4v) is 2.95. The van der Waals surface area contributed by atoms with Crippen molar-refractivity contribution in [3.8, 4) is 11.5 Å². The molecule has 5 heteroatoms. The summed E-state index contributed by atoms with van der Waals surface area (Å²) in [6, 6.07) is 15.9. The lowest BCUT2D eigenvalue weighted by Crippen LogP contribution is -2.49. The van der Waals surface area contributed by atoms with Gasteiger partial charge >= 0.3 is 5.97 Å². The standard InChI is InChI=1S/C21H25NO4/c1-15(2)26-20-5-3-4-17(10-20)14-25-19-8-6-16(7-9-19)11-22-12-18(13-22)21(23)24/h3-10,15,18H,11-14H2,1-2H3,(H,23,24). The molecule has 0 unspecified atom stereocenters. The summed E-state index contributed by atoms with van der Waals surface area (Å²) in [6.45, 7) is 6.53. The van der Waals surface area contributed by atoms with E-state index in [-0.39, 0.29) is 12.0 Å². The first-order valence-electron chi connectivity index (χ1n) is 8.92. The second-order valence-corrected chi connectivity index (χ2v) is 6.98. The quantitative estimate of drug-likeness (QED) is 0.784. The molecule has 0 bridgehead atoms. The third kappa shape index (κ3) is 4.99. The molecule has 1 saturated heterocycles. The van der Waals surface area contributed by atoms with Crippen LogP contribution in [0.1, 0.15) is 25.0 Å². The fourth-order valence-electron chi connectivity index (χ4n) is 2.95. The van der Waals surface area contributed by atoms with Gasteiger partial charge in [-0.3, -0.25) is 9.69 Å². The minimum Gasteiger partial charge on any atom is -0.491 e. The van der Waals surface area contributed by atoms with Crippen LogP contribution in [0.4, 0.5) is 0 Å². The summed E-state index contributed by atoms with van der Waals surface area (Å²) in [4.78, 5) is 13.0. The Balaban J connectivity index is 1.48. The number of rotatable bonds is 8. The van der Waals surface area contributed by atoms with Gasteiger partial charge in [0.2, 0.25) is 0 Å². The van der Waals surface area contributed by atoms with Crippen molar-refractivity contribution in [3.05, 3.63) is 59.7 Å². The molecule has 2 aromatic carbocycles. The van der Waals surface area contributed by atoms with Gasteiger partial charge in [0, 0.05) is 19.6 Å². The van der Waals surface area contributed by atoms with Crippen molar-refractivity contribution in [2.24, 2.45) is 5.92 Å². The number of ether oxygens (including phenoxy) is 2. The average Bonchev–Trinajstić information content (AvgIpc) is 2.56. The number of carboxylic acids is 1. The van der Waals surface area contributed by atoms with E-state index >= 15 is 0 Å². The van der Waals surface area contributed by atoms with E-state index in [1.807, 2.05) is 62.4 Å². The van der Waals surface area contributed by atoms with Crippen LogP contribution < -0.4 is 9.47 Å². The van der Waals surface area contributed by atoms with E-state index in [4.69, 9.17) is 14.6 Å². The Morgan fingerprint density at radius 3 is 2.50 bits per heavy atom. The van der Waals surface area contributed by atoms with E-state index in [0.29, 0.717) is 19.7 Å². The average molecular weight is 355 g/mol. The summed E-state index contributed by atoms with van der Waals surface area (Å²) >= 11 is 0. The Bertz CT molecular complexity index is 736. The lowest BCUT2D eigenvalue weighted by Gasteiger charge is -2.36. The van der Waals surface area contributed by atoms with Crippen LogP contribution in [0.3, 0.4) is 0 Å². The van der Waals surface area contributed by atoms with Gasteiger partial charge < -0.3 is 14.6 Å². The molecule has 0 saturated carbocycles. The number of likely N-dealkylation sites (tertiary alicyclic amines) is 1. The number of hydrogen-bond acceptors (Lipinski definition) is 4. The maximum Gasteiger partial charge on any atom is 0.309 e. The number of hydrogen-bond donors (Lipinski definition) is 1. The van der Waals surface area contributed by atoms with Gasteiger partial charge in [-0.1, -0.05) is 24.3 Å². The molecule has 1 aliphatic rings.